The first-order chi connectivity index (χ1) is 11.6. The quantitative estimate of drug-likeness (QED) is 0.493. The van der Waals surface area contributed by atoms with Crippen LogP contribution in [0.15, 0.2) is 28.6 Å². The fourth-order valence-electron chi connectivity index (χ4n) is 2.25. The third-order valence-electron chi connectivity index (χ3n) is 3.72. The third kappa shape index (κ3) is 5.56. The van der Waals surface area contributed by atoms with Crippen LogP contribution < -0.4 is 5.32 Å². The number of amides is 1. The maximum atomic E-state index is 13.6. The highest BCUT2D eigenvalue weighted by atomic mass is 32.2. The minimum atomic E-state index is -0.218. The number of hydrogen-bond donors (Lipinski definition) is 1. The van der Waals surface area contributed by atoms with Gasteiger partial charge in [0.15, 0.2) is 4.34 Å². The van der Waals surface area contributed by atoms with Crippen LogP contribution in [0.3, 0.4) is 0 Å². The van der Waals surface area contributed by atoms with E-state index < -0.39 is 0 Å². The van der Waals surface area contributed by atoms with Gasteiger partial charge in [-0.25, -0.2) is 4.39 Å². The molecule has 2 aromatic rings. The summed E-state index contributed by atoms with van der Waals surface area (Å²) in [7, 11) is 0. The second-order valence-corrected chi connectivity index (χ2v) is 7.69. The highest BCUT2D eigenvalue weighted by Crippen LogP contribution is 2.29. The maximum absolute atomic E-state index is 13.6. The molecule has 0 fully saturated rings. The lowest BCUT2D eigenvalue weighted by Gasteiger charge is -2.12. The van der Waals surface area contributed by atoms with Crippen molar-refractivity contribution < 1.29 is 9.18 Å². The average Bonchev–Trinajstić information content (AvgIpc) is 3.02. The van der Waals surface area contributed by atoms with Gasteiger partial charge >= 0.3 is 0 Å². The van der Waals surface area contributed by atoms with Crippen LogP contribution in [0.25, 0.3) is 0 Å². The summed E-state index contributed by atoms with van der Waals surface area (Å²) in [6.45, 7) is 4.14. The fourth-order valence-corrected chi connectivity index (χ4v) is 3.99. The second-order valence-electron chi connectivity index (χ2n) is 5.49. The van der Waals surface area contributed by atoms with Crippen LogP contribution in [0.2, 0.25) is 0 Å². The lowest BCUT2D eigenvalue weighted by atomic mass is 9.99. The predicted molar refractivity (Wildman–Crippen MR) is 97.8 cm³/mol. The van der Waals surface area contributed by atoms with E-state index in [4.69, 9.17) is 0 Å². The van der Waals surface area contributed by atoms with Crippen LogP contribution >= 0.6 is 23.1 Å². The molecule has 130 valence electrons. The van der Waals surface area contributed by atoms with Crippen LogP contribution in [0.4, 0.5) is 9.52 Å². The summed E-state index contributed by atoms with van der Waals surface area (Å²) in [5.74, 6) is 0.296. The molecule has 0 bridgehead atoms. The zero-order valence-corrected chi connectivity index (χ0v) is 15.6. The molecule has 24 heavy (non-hydrogen) atoms. The summed E-state index contributed by atoms with van der Waals surface area (Å²) in [4.78, 5) is 12.3. The minimum Gasteiger partial charge on any atom is -0.300 e. The van der Waals surface area contributed by atoms with Crippen molar-refractivity contribution in [1.82, 2.24) is 10.2 Å². The molecule has 0 spiro atoms. The standard InChI is InChI=1S/C17H22FN3OS2/c1-3-5-8-12(4-2)15(22)19-16-20-21-17(24-16)23-11-13-9-6-7-10-14(13)18/h6-7,9-10,12H,3-5,8,11H2,1-2H3,(H,19,20,22). The zero-order valence-electron chi connectivity index (χ0n) is 13.9. The largest absolute Gasteiger partial charge is 0.300 e. The third-order valence-corrected chi connectivity index (χ3v) is 5.74. The molecule has 1 aromatic heterocycles. The molecule has 0 saturated carbocycles. The monoisotopic (exact) mass is 367 g/mol. The maximum Gasteiger partial charge on any atom is 0.229 e. The number of hydrogen-bond acceptors (Lipinski definition) is 5. The summed E-state index contributed by atoms with van der Waals surface area (Å²) in [5, 5.41) is 11.4. The van der Waals surface area contributed by atoms with Gasteiger partial charge in [-0.1, -0.05) is 68.0 Å². The summed E-state index contributed by atoms with van der Waals surface area (Å²) >= 11 is 2.74. The minimum absolute atomic E-state index is 0.00718. The average molecular weight is 368 g/mol. The van der Waals surface area contributed by atoms with Gasteiger partial charge in [-0.2, -0.15) is 0 Å². The van der Waals surface area contributed by atoms with Crippen molar-refractivity contribution in [3.8, 4) is 0 Å². The number of nitrogens with zero attached hydrogens (tertiary/aromatic N) is 2. The van der Waals surface area contributed by atoms with E-state index in [1.165, 1.54) is 29.2 Å². The topological polar surface area (TPSA) is 54.9 Å². The molecule has 4 nitrogen and oxygen atoms in total. The number of halogens is 1. The Bertz CT molecular complexity index is 663. The van der Waals surface area contributed by atoms with E-state index in [1.807, 2.05) is 13.0 Å². The van der Waals surface area contributed by atoms with Crippen molar-refractivity contribution in [2.75, 3.05) is 5.32 Å². The van der Waals surface area contributed by atoms with Gasteiger partial charge in [0.05, 0.1) is 0 Å². The Balaban J connectivity index is 1.88. The summed E-state index contributed by atoms with van der Waals surface area (Å²) in [6.07, 6.45) is 3.84. The predicted octanol–water partition coefficient (Wildman–Crippen LogP) is 5.12. The number of anilines is 1. The molecule has 0 radical (unpaired) electrons. The molecular weight excluding hydrogens is 345 g/mol. The summed E-state index contributed by atoms with van der Waals surface area (Å²) in [5.41, 5.74) is 0.633. The van der Waals surface area contributed by atoms with Crippen molar-refractivity contribution in [1.29, 1.82) is 0 Å². The van der Waals surface area contributed by atoms with E-state index in [0.29, 0.717) is 16.4 Å². The van der Waals surface area contributed by atoms with Crippen molar-refractivity contribution in [3.05, 3.63) is 35.6 Å². The smallest absolute Gasteiger partial charge is 0.229 e. The molecule has 2 rings (SSSR count). The first-order valence-corrected chi connectivity index (χ1v) is 9.94. The highest BCUT2D eigenvalue weighted by molar-refractivity contribution is 8.00. The number of thioether (sulfide) groups is 1. The number of nitrogens with one attached hydrogen (secondary N) is 1. The molecule has 1 unspecified atom stereocenters. The van der Waals surface area contributed by atoms with Gasteiger partial charge in [0.25, 0.3) is 0 Å². The van der Waals surface area contributed by atoms with E-state index in [1.54, 1.807) is 12.1 Å². The van der Waals surface area contributed by atoms with Gasteiger partial charge in [-0.05, 0) is 24.5 Å². The van der Waals surface area contributed by atoms with Crippen LogP contribution in [0.1, 0.15) is 45.1 Å². The fraction of sp³-hybridized carbons (Fsp3) is 0.471. The Labute approximate surface area is 150 Å². The van der Waals surface area contributed by atoms with Gasteiger partial charge in [0.1, 0.15) is 5.82 Å². The summed E-state index contributed by atoms with van der Waals surface area (Å²) < 4.78 is 14.3. The van der Waals surface area contributed by atoms with E-state index in [-0.39, 0.29) is 17.6 Å². The molecule has 1 atom stereocenters. The Morgan fingerprint density at radius 1 is 1.33 bits per heavy atom. The molecule has 0 aliphatic rings. The van der Waals surface area contributed by atoms with E-state index in [0.717, 1.165) is 30.0 Å². The molecular formula is C17H22FN3OS2. The van der Waals surface area contributed by atoms with E-state index in [9.17, 15) is 9.18 Å². The van der Waals surface area contributed by atoms with Crippen molar-refractivity contribution >= 4 is 34.1 Å². The van der Waals surface area contributed by atoms with Crippen LogP contribution in [0, 0.1) is 11.7 Å². The number of unbranched alkanes of at least 4 members (excludes halogenated alkanes) is 1. The second kappa shape index (κ2) is 9.74. The Kier molecular flexibility index (Phi) is 7.65. The van der Waals surface area contributed by atoms with Gasteiger partial charge in [-0.15, -0.1) is 10.2 Å². The van der Waals surface area contributed by atoms with Gasteiger partial charge < -0.3 is 5.32 Å². The molecule has 1 aromatic carbocycles. The van der Waals surface area contributed by atoms with Crippen molar-refractivity contribution in [3.63, 3.8) is 0 Å². The Morgan fingerprint density at radius 3 is 2.83 bits per heavy atom. The van der Waals surface area contributed by atoms with E-state index in [2.05, 4.69) is 22.4 Å². The molecule has 7 heteroatoms. The van der Waals surface area contributed by atoms with Gasteiger partial charge in [-0.3, -0.25) is 4.79 Å². The lowest BCUT2D eigenvalue weighted by molar-refractivity contribution is -0.120. The van der Waals surface area contributed by atoms with Crippen molar-refractivity contribution in [2.45, 2.75) is 49.6 Å². The van der Waals surface area contributed by atoms with Gasteiger partial charge in [0.2, 0.25) is 11.0 Å². The van der Waals surface area contributed by atoms with Gasteiger partial charge in [0, 0.05) is 11.7 Å². The Morgan fingerprint density at radius 2 is 2.12 bits per heavy atom. The number of aromatic nitrogens is 2. The van der Waals surface area contributed by atoms with E-state index >= 15 is 0 Å². The molecule has 1 amide bonds. The number of carbonyl (C=O) groups excluding carboxylic acids is 1. The summed E-state index contributed by atoms with van der Waals surface area (Å²) in [6, 6.07) is 6.69. The highest BCUT2D eigenvalue weighted by Gasteiger charge is 2.17. The number of benzene rings is 1. The number of rotatable bonds is 9. The lowest BCUT2D eigenvalue weighted by Crippen LogP contribution is -2.22. The van der Waals surface area contributed by atoms with Crippen molar-refractivity contribution in [2.24, 2.45) is 5.92 Å². The molecule has 1 N–H and O–H groups in total. The number of carbonyl (C=O) groups is 1. The SMILES string of the molecule is CCCCC(CC)C(=O)Nc1nnc(SCc2ccccc2F)s1. The zero-order chi connectivity index (χ0) is 17.4. The normalized spacial score (nSPS) is 12.1. The van der Waals surface area contributed by atoms with Crippen LogP contribution in [0.5, 0.6) is 0 Å². The first-order valence-electron chi connectivity index (χ1n) is 8.14. The van der Waals surface area contributed by atoms with Crippen LogP contribution in [-0.2, 0) is 10.5 Å². The Hall–Kier alpha value is -1.47. The molecule has 0 saturated heterocycles. The molecule has 1 heterocycles. The molecule has 0 aliphatic carbocycles. The molecule has 0 aliphatic heterocycles. The first kappa shape index (κ1) is 18.9. The van der Waals surface area contributed by atoms with Crippen LogP contribution in [-0.4, -0.2) is 16.1 Å².